The fourth-order valence-corrected chi connectivity index (χ4v) is 6.19. The predicted octanol–water partition coefficient (Wildman–Crippen LogP) is 5.47. The molecule has 2 atom stereocenters. The number of fused-ring (bicyclic) bond motifs is 1. The Kier molecular flexibility index (Phi) is 8.41. The van der Waals surface area contributed by atoms with Crippen LogP contribution in [-0.2, 0) is 27.2 Å². The normalized spacial score (nSPS) is 16.3. The fraction of sp³-hybridized carbons (Fsp3) is 0.385. The summed E-state index contributed by atoms with van der Waals surface area (Å²) in [5, 5.41) is 24.1. The molecule has 7 nitrogen and oxygen atoms in total. The number of benzene rings is 1. The summed E-state index contributed by atoms with van der Waals surface area (Å²) < 4.78 is 0. The molecule has 1 aromatic carbocycles. The van der Waals surface area contributed by atoms with Crippen molar-refractivity contribution in [2.24, 2.45) is 11.3 Å². The molecule has 0 spiro atoms. The molecule has 2 amide bonds. The van der Waals surface area contributed by atoms with Crippen LogP contribution in [0.25, 0.3) is 0 Å². The van der Waals surface area contributed by atoms with Crippen LogP contribution in [0, 0.1) is 22.7 Å². The van der Waals surface area contributed by atoms with Gasteiger partial charge in [-0.15, -0.1) is 23.1 Å². The van der Waals surface area contributed by atoms with Gasteiger partial charge in [-0.2, -0.15) is 5.26 Å². The van der Waals surface area contributed by atoms with Crippen LogP contribution in [0.15, 0.2) is 41.3 Å². The molecule has 9 heteroatoms. The highest BCUT2D eigenvalue weighted by atomic mass is 32.2. The second-order valence-electron chi connectivity index (χ2n) is 9.56. The largest absolute Gasteiger partial charge is 0.478 e. The summed E-state index contributed by atoms with van der Waals surface area (Å²) in [7, 11) is 0. The fourth-order valence-electron chi connectivity index (χ4n) is 3.98. The molecule has 35 heavy (non-hydrogen) atoms. The van der Waals surface area contributed by atoms with Gasteiger partial charge in [0, 0.05) is 27.6 Å². The Labute approximate surface area is 213 Å². The van der Waals surface area contributed by atoms with Crippen molar-refractivity contribution in [3.63, 3.8) is 0 Å². The summed E-state index contributed by atoms with van der Waals surface area (Å²) in [5.74, 6) is -1.41. The van der Waals surface area contributed by atoms with Gasteiger partial charge in [0.15, 0.2) is 0 Å². The Morgan fingerprint density at radius 3 is 2.66 bits per heavy atom. The van der Waals surface area contributed by atoms with Crippen LogP contribution >= 0.6 is 23.1 Å². The molecule has 0 radical (unpaired) electrons. The van der Waals surface area contributed by atoms with E-state index in [1.807, 2.05) is 6.07 Å². The number of carbonyl (C=O) groups is 3. The third kappa shape index (κ3) is 6.96. The van der Waals surface area contributed by atoms with Gasteiger partial charge < -0.3 is 15.7 Å². The Morgan fingerprint density at radius 1 is 1.26 bits per heavy atom. The first-order valence-electron chi connectivity index (χ1n) is 11.3. The van der Waals surface area contributed by atoms with Crippen molar-refractivity contribution < 1.29 is 19.5 Å². The van der Waals surface area contributed by atoms with E-state index in [1.165, 1.54) is 28.0 Å². The smallest absolute Gasteiger partial charge is 0.328 e. The quantitative estimate of drug-likeness (QED) is 0.335. The highest BCUT2D eigenvalue weighted by Crippen LogP contribution is 2.44. The van der Waals surface area contributed by atoms with Crippen molar-refractivity contribution in [3.8, 4) is 6.07 Å². The average molecular weight is 512 g/mol. The third-order valence-corrected chi connectivity index (χ3v) is 8.26. The first-order chi connectivity index (χ1) is 16.5. The van der Waals surface area contributed by atoms with Gasteiger partial charge in [0.25, 0.3) is 0 Å². The minimum absolute atomic E-state index is 0.198. The van der Waals surface area contributed by atoms with E-state index in [2.05, 4.69) is 37.5 Å². The Bertz CT molecular complexity index is 1200. The van der Waals surface area contributed by atoms with E-state index in [9.17, 15) is 19.6 Å². The monoisotopic (exact) mass is 511 g/mol. The van der Waals surface area contributed by atoms with Crippen molar-refractivity contribution in [1.82, 2.24) is 0 Å². The molecular formula is C26H29N3O4S2. The maximum atomic E-state index is 13.0. The van der Waals surface area contributed by atoms with E-state index in [0.717, 1.165) is 41.9 Å². The zero-order valence-corrected chi connectivity index (χ0v) is 21.8. The number of amides is 2. The lowest BCUT2D eigenvalue weighted by molar-refractivity contribution is -0.131. The summed E-state index contributed by atoms with van der Waals surface area (Å²) >= 11 is 2.84. The highest BCUT2D eigenvalue weighted by Gasteiger charge is 2.32. The molecule has 0 aliphatic heterocycles. The van der Waals surface area contributed by atoms with Crippen LogP contribution in [-0.4, -0.2) is 28.1 Å². The van der Waals surface area contributed by atoms with Crippen molar-refractivity contribution in [3.05, 3.63) is 52.4 Å². The zero-order valence-electron chi connectivity index (χ0n) is 20.2. The zero-order chi connectivity index (χ0) is 25.8. The topological polar surface area (TPSA) is 119 Å². The average Bonchev–Trinajstić information content (AvgIpc) is 3.13. The van der Waals surface area contributed by atoms with Gasteiger partial charge in [0.2, 0.25) is 11.8 Å². The summed E-state index contributed by atoms with van der Waals surface area (Å²) in [6, 6.07) is 9.28. The van der Waals surface area contributed by atoms with E-state index in [-0.39, 0.29) is 11.3 Å². The van der Waals surface area contributed by atoms with Crippen molar-refractivity contribution >= 4 is 51.6 Å². The number of anilines is 2. The van der Waals surface area contributed by atoms with E-state index in [0.29, 0.717) is 22.2 Å². The summed E-state index contributed by atoms with van der Waals surface area (Å²) in [4.78, 5) is 37.3. The lowest BCUT2D eigenvalue weighted by Crippen LogP contribution is -2.26. The molecule has 1 aromatic heterocycles. The third-order valence-electron chi connectivity index (χ3n) is 6.00. The molecule has 0 saturated carbocycles. The number of carbonyl (C=O) groups excluding carboxylic acids is 2. The van der Waals surface area contributed by atoms with Crippen LogP contribution in [0.2, 0.25) is 0 Å². The van der Waals surface area contributed by atoms with Crippen LogP contribution in [0.1, 0.15) is 50.1 Å². The maximum absolute atomic E-state index is 13.0. The Morgan fingerprint density at radius 2 is 2.00 bits per heavy atom. The van der Waals surface area contributed by atoms with Gasteiger partial charge >= 0.3 is 5.97 Å². The molecule has 3 N–H and O–H groups in total. The molecule has 184 valence electrons. The van der Waals surface area contributed by atoms with Gasteiger partial charge in [0.1, 0.15) is 11.1 Å². The number of nitrogens with one attached hydrogen (secondary N) is 2. The van der Waals surface area contributed by atoms with Gasteiger partial charge in [-0.1, -0.05) is 26.8 Å². The number of thioether (sulfide) groups is 1. The SMILES string of the molecule is CC(Sc1cccc(NC(=O)/C=C/C(=O)O)c1)C(=O)Nc1sc2c(c1C#N)CCC(C(C)(C)C)C2. The van der Waals surface area contributed by atoms with Crippen LogP contribution in [0.5, 0.6) is 0 Å². The summed E-state index contributed by atoms with van der Waals surface area (Å²) in [5.41, 5.74) is 2.36. The number of nitrogens with zero attached hydrogens (tertiary/aromatic N) is 1. The number of rotatable bonds is 7. The first kappa shape index (κ1) is 26.5. The molecule has 3 rings (SSSR count). The van der Waals surface area contributed by atoms with Gasteiger partial charge in [-0.05, 0) is 61.3 Å². The Balaban J connectivity index is 1.67. The first-order valence-corrected chi connectivity index (χ1v) is 13.0. The molecule has 2 aromatic rings. The summed E-state index contributed by atoms with van der Waals surface area (Å²) in [6.45, 7) is 8.53. The number of carboxylic acids is 1. The summed E-state index contributed by atoms with van der Waals surface area (Å²) in [6.07, 6.45) is 4.53. The molecule has 2 unspecified atom stereocenters. The number of thiophene rings is 1. The van der Waals surface area contributed by atoms with Gasteiger partial charge in [0.05, 0.1) is 10.8 Å². The molecule has 0 fully saturated rings. The maximum Gasteiger partial charge on any atom is 0.328 e. The van der Waals surface area contributed by atoms with Gasteiger partial charge in [-0.3, -0.25) is 9.59 Å². The Hall–Kier alpha value is -3.09. The van der Waals surface area contributed by atoms with Crippen LogP contribution < -0.4 is 10.6 Å². The molecule has 1 aliphatic carbocycles. The van der Waals surface area contributed by atoms with E-state index in [4.69, 9.17) is 5.11 Å². The van der Waals surface area contributed by atoms with Crippen molar-refractivity contribution in [1.29, 1.82) is 5.26 Å². The predicted molar refractivity (Wildman–Crippen MR) is 140 cm³/mol. The molecule has 0 bridgehead atoms. The number of carboxylic acid groups (broad SMARTS) is 1. The molecule has 1 aliphatic rings. The van der Waals surface area contributed by atoms with E-state index < -0.39 is 17.1 Å². The number of aliphatic carboxylic acids is 1. The van der Waals surface area contributed by atoms with Gasteiger partial charge in [-0.25, -0.2) is 4.79 Å². The van der Waals surface area contributed by atoms with E-state index in [1.54, 1.807) is 25.1 Å². The van der Waals surface area contributed by atoms with Crippen molar-refractivity contribution in [2.75, 3.05) is 10.6 Å². The highest BCUT2D eigenvalue weighted by molar-refractivity contribution is 8.00. The lowest BCUT2D eigenvalue weighted by atomic mass is 9.72. The molecule has 0 saturated heterocycles. The second kappa shape index (κ2) is 11.1. The lowest BCUT2D eigenvalue weighted by Gasteiger charge is -2.33. The minimum atomic E-state index is -1.20. The number of nitriles is 1. The van der Waals surface area contributed by atoms with E-state index >= 15 is 0 Å². The number of hydrogen-bond acceptors (Lipinski definition) is 6. The number of hydrogen-bond donors (Lipinski definition) is 3. The van der Waals surface area contributed by atoms with Crippen LogP contribution in [0.4, 0.5) is 10.7 Å². The molecule has 1 heterocycles. The second-order valence-corrected chi connectivity index (χ2v) is 12.1. The molecular weight excluding hydrogens is 482 g/mol. The van der Waals surface area contributed by atoms with Crippen molar-refractivity contribution in [2.45, 2.75) is 57.1 Å². The van der Waals surface area contributed by atoms with Crippen LogP contribution in [0.3, 0.4) is 0 Å². The minimum Gasteiger partial charge on any atom is -0.478 e. The standard InChI is InChI=1S/C26H29N3O4S2/c1-15(34-18-7-5-6-17(13-18)28-22(30)10-11-23(31)32)24(33)29-25-20(14-27)19-9-8-16(26(2,3)4)12-21(19)35-25/h5-7,10-11,13,15-16H,8-9,12H2,1-4H3,(H,28,30)(H,29,33)(H,31,32)/b11-10+.